The number of benzene rings is 1. The number of anilines is 3. The Bertz CT molecular complexity index is 1420. The van der Waals surface area contributed by atoms with Gasteiger partial charge in [0.1, 0.15) is 23.2 Å². The van der Waals surface area contributed by atoms with E-state index >= 15 is 4.39 Å². The molecule has 2 aromatic heterocycles. The molecule has 11 nitrogen and oxygen atoms in total. The molecule has 0 aliphatic carbocycles. The SMILES string of the molecule is C=N/C=C\C=NCCNc1c(N)c(C=NC)[nH]c(=O)c1-c1nc2c(F)c(N(C)CCCCC=O)ccc2[nH]1. The predicted molar refractivity (Wildman–Crippen MR) is 154 cm³/mol. The number of aromatic nitrogens is 3. The quantitative estimate of drug-likeness (QED) is 0.145. The van der Waals surface area contributed by atoms with Crippen LogP contribution in [0.1, 0.15) is 25.0 Å². The van der Waals surface area contributed by atoms with Gasteiger partial charge in [-0.05, 0) is 37.8 Å². The minimum atomic E-state index is -0.507. The second-order valence-corrected chi connectivity index (χ2v) is 8.39. The lowest BCUT2D eigenvalue weighted by Gasteiger charge is -2.19. The van der Waals surface area contributed by atoms with Crippen molar-refractivity contribution in [1.29, 1.82) is 0 Å². The fourth-order valence-electron chi connectivity index (χ4n) is 3.90. The minimum Gasteiger partial charge on any atom is -0.395 e. The van der Waals surface area contributed by atoms with Crippen molar-refractivity contribution >= 4 is 53.5 Å². The Balaban J connectivity index is 1.98. The van der Waals surface area contributed by atoms with Gasteiger partial charge in [0, 0.05) is 52.2 Å². The highest BCUT2D eigenvalue weighted by Crippen LogP contribution is 2.32. The van der Waals surface area contributed by atoms with Crippen molar-refractivity contribution in [3.05, 3.63) is 46.3 Å². The van der Waals surface area contributed by atoms with Gasteiger partial charge in [-0.2, -0.15) is 0 Å². The molecule has 38 heavy (non-hydrogen) atoms. The third-order valence-electron chi connectivity index (χ3n) is 5.75. The fraction of sp³-hybridized carbons (Fsp3) is 0.308. The number of aliphatic imine (C=N–C) groups is 3. The number of imidazole rings is 1. The highest BCUT2D eigenvalue weighted by molar-refractivity contribution is 5.95. The van der Waals surface area contributed by atoms with E-state index in [4.69, 9.17) is 5.73 Å². The summed E-state index contributed by atoms with van der Waals surface area (Å²) in [5.41, 5.74) is 7.92. The van der Waals surface area contributed by atoms with E-state index in [0.717, 1.165) is 19.1 Å². The van der Waals surface area contributed by atoms with Crippen LogP contribution in [0.5, 0.6) is 0 Å². The number of nitrogens with zero attached hydrogens (tertiary/aromatic N) is 5. The number of carbonyl (C=O) groups excluding carboxylic acids is 1. The van der Waals surface area contributed by atoms with Crippen molar-refractivity contribution in [3.63, 3.8) is 0 Å². The highest BCUT2D eigenvalue weighted by Gasteiger charge is 2.21. The number of pyridine rings is 1. The zero-order valence-corrected chi connectivity index (χ0v) is 21.5. The normalized spacial score (nSPS) is 11.8. The molecule has 0 aliphatic rings. The van der Waals surface area contributed by atoms with Crippen LogP contribution in [0, 0.1) is 5.82 Å². The van der Waals surface area contributed by atoms with E-state index in [1.807, 2.05) is 0 Å². The van der Waals surface area contributed by atoms with Crippen LogP contribution in [0.4, 0.5) is 21.5 Å². The molecule has 3 aromatic rings. The molecule has 0 saturated heterocycles. The minimum absolute atomic E-state index is 0.104. The topological polar surface area (TPSA) is 157 Å². The summed E-state index contributed by atoms with van der Waals surface area (Å²) in [7, 11) is 3.35. The van der Waals surface area contributed by atoms with E-state index in [9.17, 15) is 9.59 Å². The molecule has 0 atom stereocenters. The first kappa shape index (κ1) is 28.0. The summed E-state index contributed by atoms with van der Waals surface area (Å²) in [4.78, 5) is 47.5. The van der Waals surface area contributed by atoms with Crippen molar-refractivity contribution < 1.29 is 9.18 Å². The van der Waals surface area contributed by atoms with Crippen LogP contribution >= 0.6 is 0 Å². The zero-order valence-electron chi connectivity index (χ0n) is 21.5. The molecule has 0 bridgehead atoms. The summed E-state index contributed by atoms with van der Waals surface area (Å²) >= 11 is 0. The van der Waals surface area contributed by atoms with Gasteiger partial charge in [0.15, 0.2) is 5.82 Å². The number of fused-ring (bicyclic) bond motifs is 1. The molecular formula is C26H32FN9O2. The van der Waals surface area contributed by atoms with Crippen LogP contribution in [0.3, 0.4) is 0 Å². The molecule has 0 aliphatic heterocycles. The zero-order chi connectivity index (χ0) is 27.5. The molecule has 2 heterocycles. The first-order valence-corrected chi connectivity index (χ1v) is 12.1. The van der Waals surface area contributed by atoms with Crippen molar-refractivity contribution in [1.82, 2.24) is 15.0 Å². The maximum Gasteiger partial charge on any atom is 0.261 e. The average molecular weight is 522 g/mol. The number of hydrogen-bond donors (Lipinski definition) is 4. The van der Waals surface area contributed by atoms with Crippen molar-refractivity contribution in [2.75, 3.05) is 49.7 Å². The fourth-order valence-corrected chi connectivity index (χ4v) is 3.90. The van der Waals surface area contributed by atoms with Gasteiger partial charge < -0.3 is 30.7 Å². The highest BCUT2D eigenvalue weighted by atomic mass is 19.1. The third-order valence-corrected chi connectivity index (χ3v) is 5.75. The number of nitrogen functional groups attached to an aromatic ring is 1. The number of unbranched alkanes of at least 4 members (excludes halogenated alkanes) is 2. The Morgan fingerprint density at radius 1 is 1.29 bits per heavy atom. The monoisotopic (exact) mass is 521 g/mol. The van der Waals surface area contributed by atoms with Crippen LogP contribution < -0.4 is 21.5 Å². The van der Waals surface area contributed by atoms with Crippen LogP contribution in [-0.4, -0.2) is 74.1 Å². The molecule has 0 radical (unpaired) electrons. The summed E-state index contributed by atoms with van der Waals surface area (Å²) in [6.45, 7) is 4.69. The molecule has 1 aromatic carbocycles. The molecule has 0 unspecified atom stereocenters. The number of nitrogens with two attached hydrogens (primary N) is 1. The van der Waals surface area contributed by atoms with Crippen LogP contribution in [0.2, 0.25) is 0 Å². The van der Waals surface area contributed by atoms with E-state index in [-0.39, 0.29) is 22.6 Å². The standard InChI is InChI=1S/C26H32FN9O2/c1-29-10-7-11-31-12-13-32-24-20(26(38)34-18(16-30-2)22(24)28)25-33-17-8-9-19(21(27)23(17)35-25)36(3)14-5-4-6-15-37/h7-11,15-16H,1,4-6,12-14,28H2,2-3H3,(H,33,35)(H2,32,34,38)/b10-7-,30-16?,31-11?. The number of aldehydes is 1. The Labute approximate surface area is 219 Å². The van der Waals surface area contributed by atoms with E-state index < -0.39 is 11.4 Å². The molecule has 5 N–H and O–H groups in total. The molecule has 0 spiro atoms. The summed E-state index contributed by atoms with van der Waals surface area (Å²) in [5.74, 6) is -0.337. The van der Waals surface area contributed by atoms with E-state index in [1.54, 1.807) is 43.4 Å². The number of hydrogen-bond acceptors (Lipinski definition) is 9. The molecule has 200 valence electrons. The Morgan fingerprint density at radius 2 is 2.11 bits per heavy atom. The Hall–Kier alpha value is -4.61. The molecule has 3 rings (SSSR count). The second kappa shape index (κ2) is 13.6. The average Bonchev–Trinajstić information content (AvgIpc) is 3.33. The number of allylic oxidation sites excluding steroid dienone is 1. The van der Waals surface area contributed by atoms with Gasteiger partial charge in [-0.3, -0.25) is 19.8 Å². The second-order valence-electron chi connectivity index (χ2n) is 8.39. The summed E-state index contributed by atoms with van der Waals surface area (Å²) in [5, 5.41) is 3.17. The van der Waals surface area contributed by atoms with E-state index in [1.165, 1.54) is 12.4 Å². The third kappa shape index (κ3) is 6.58. The van der Waals surface area contributed by atoms with E-state index in [2.05, 4.69) is 42.0 Å². The van der Waals surface area contributed by atoms with Crippen LogP contribution in [0.15, 0.2) is 44.2 Å². The largest absolute Gasteiger partial charge is 0.395 e. The van der Waals surface area contributed by atoms with Crippen molar-refractivity contribution in [3.8, 4) is 11.4 Å². The summed E-state index contributed by atoms with van der Waals surface area (Å²) in [6, 6.07) is 3.38. The van der Waals surface area contributed by atoms with Gasteiger partial charge >= 0.3 is 0 Å². The Kier molecular flexibility index (Phi) is 10.0. The Morgan fingerprint density at radius 3 is 2.84 bits per heavy atom. The lowest BCUT2D eigenvalue weighted by Crippen LogP contribution is -2.20. The first-order chi connectivity index (χ1) is 18.4. The number of aromatic amines is 2. The van der Waals surface area contributed by atoms with Gasteiger partial charge in [-0.25, -0.2) is 9.37 Å². The van der Waals surface area contributed by atoms with Crippen molar-refractivity contribution in [2.45, 2.75) is 19.3 Å². The van der Waals surface area contributed by atoms with E-state index in [0.29, 0.717) is 48.6 Å². The molecular weight excluding hydrogens is 489 g/mol. The number of halogens is 1. The maximum absolute atomic E-state index is 15.5. The van der Waals surface area contributed by atoms with Crippen molar-refractivity contribution in [2.24, 2.45) is 15.0 Å². The number of carbonyl (C=O) groups is 1. The molecule has 0 fully saturated rings. The van der Waals surface area contributed by atoms with Gasteiger partial charge in [0.2, 0.25) is 0 Å². The number of H-pyrrole nitrogens is 2. The lowest BCUT2D eigenvalue weighted by molar-refractivity contribution is -0.107. The maximum atomic E-state index is 15.5. The summed E-state index contributed by atoms with van der Waals surface area (Å²) in [6.07, 6.45) is 9.04. The number of rotatable bonds is 14. The predicted octanol–water partition coefficient (Wildman–Crippen LogP) is 3.19. The summed E-state index contributed by atoms with van der Waals surface area (Å²) < 4.78 is 15.5. The smallest absolute Gasteiger partial charge is 0.261 e. The van der Waals surface area contributed by atoms with Crippen LogP contribution in [-0.2, 0) is 4.79 Å². The van der Waals surface area contributed by atoms with Gasteiger partial charge in [0.25, 0.3) is 5.56 Å². The lowest BCUT2D eigenvalue weighted by atomic mass is 10.1. The molecule has 0 saturated carbocycles. The van der Waals surface area contributed by atoms with Gasteiger partial charge in [0.05, 0.1) is 34.8 Å². The van der Waals surface area contributed by atoms with Gasteiger partial charge in [-0.1, -0.05) is 0 Å². The van der Waals surface area contributed by atoms with Gasteiger partial charge in [-0.15, -0.1) is 0 Å². The molecule has 0 amide bonds. The molecule has 12 heteroatoms. The first-order valence-electron chi connectivity index (χ1n) is 12.1. The van der Waals surface area contributed by atoms with Crippen LogP contribution in [0.25, 0.3) is 22.4 Å². The number of nitrogens with one attached hydrogen (secondary N) is 3.